The molecule has 0 aliphatic carbocycles. The monoisotopic (exact) mass is 290 g/mol. The van der Waals surface area contributed by atoms with Gasteiger partial charge >= 0.3 is 0 Å². The minimum absolute atomic E-state index is 0.0219. The number of nitrogens with zero attached hydrogens (tertiary/aromatic N) is 1. The minimum Gasteiger partial charge on any atom is -0.395 e. The van der Waals surface area contributed by atoms with Gasteiger partial charge in [0.1, 0.15) is 0 Å². The van der Waals surface area contributed by atoms with Gasteiger partial charge in [-0.15, -0.1) is 0 Å². The Balaban J connectivity index is 2.07. The zero-order chi connectivity index (χ0) is 14.2. The third-order valence-corrected chi connectivity index (χ3v) is 4.24. The van der Waals surface area contributed by atoms with Crippen LogP contribution in [0.5, 0.6) is 0 Å². The number of thioether (sulfide) groups is 1. The highest BCUT2D eigenvalue weighted by Gasteiger charge is 2.18. The molecule has 2 heterocycles. The Bertz CT molecular complexity index is 516. The van der Waals surface area contributed by atoms with E-state index in [1.807, 2.05) is 11.8 Å². The summed E-state index contributed by atoms with van der Waals surface area (Å²) in [5.74, 6) is 7.78. The predicted octanol–water partition coefficient (Wildman–Crippen LogP) is 1.44. The first-order valence-corrected chi connectivity index (χ1v) is 7.89. The first kappa shape index (κ1) is 14.9. The SMILES string of the molecule is O=C(NC1CCCSC1)c1ccncc1C#CCCO. The smallest absolute Gasteiger partial charge is 0.252 e. The largest absolute Gasteiger partial charge is 0.395 e. The molecular weight excluding hydrogens is 272 g/mol. The third-order valence-electron chi connectivity index (χ3n) is 3.02. The van der Waals surface area contributed by atoms with Gasteiger partial charge in [-0.2, -0.15) is 11.8 Å². The Morgan fingerprint density at radius 2 is 2.50 bits per heavy atom. The van der Waals surface area contributed by atoms with Crippen LogP contribution in [-0.4, -0.2) is 40.2 Å². The van der Waals surface area contributed by atoms with E-state index in [0.29, 0.717) is 17.5 Å². The summed E-state index contributed by atoms with van der Waals surface area (Å²) in [4.78, 5) is 16.3. The third kappa shape index (κ3) is 4.26. The minimum atomic E-state index is -0.0896. The highest BCUT2D eigenvalue weighted by atomic mass is 32.2. The van der Waals surface area contributed by atoms with Gasteiger partial charge in [0.15, 0.2) is 0 Å². The van der Waals surface area contributed by atoms with Gasteiger partial charge in [0.05, 0.1) is 17.7 Å². The maximum atomic E-state index is 12.3. The summed E-state index contributed by atoms with van der Waals surface area (Å²) in [6.45, 7) is 0.0219. The molecule has 1 aliphatic rings. The number of aliphatic hydroxyl groups excluding tert-OH is 1. The number of nitrogens with one attached hydrogen (secondary N) is 1. The fourth-order valence-electron chi connectivity index (χ4n) is 2.02. The van der Waals surface area contributed by atoms with Gasteiger partial charge in [0.25, 0.3) is 5.91 Å². The maximum absolute atomic E-state index is 12.3. The van der Waals surface area contributed by atoms with Crippen molar-refractivity contribution >= 4 is 17.7 Å². The van der Waals surface area contributed by atoms with Crippen LogP contribution in [0, 0.1) is 11.8 Å². The van der Waals surface area contributed by atoms with Gasteiger partial charge in [-0.1, -0.05) is 11.8 Å². The van der Waals surface area contributed by atoms with Crippen LogP contribution < -0.4 is 5.32 Å². The average molecular weight is 290 g/mol. The van der Waals surface area contributed by atoms with Crippen molar-refractivity contribution in [1.29, 1.82) is 0 Å². The summed E-state index contributed by atoms with van der Waals surface area (Å²) in [6.07, 6.45) is 5.77. The number of aliphatic hydroxyl groups is 1. The molecule has 0 spiro atoms. The van der Waals surface area contributed by atoms with Gasteiger partial charge < -0.3 is 10.4 Å². The molecule has 2 rings (SSSR count). The van der Waals surface area contributed by atoms with Crippen LogP contribution in [-0.2, 0) is 0 Å². The standard InChI is InChI=1S/C15H18N2O2S/c18-8-2-1-4-12-10-16-7-6-14(12)15(19)17-13-5-3-9-20-11-13/h6-7,10,13,18H,2-3,5,8-9,11H2,(H,17,19). The van der Waals surface area contributed by atoms with Crippen molar-refractivity contribution in [2.45, 2.75) is 25.3 Å². The van der Waals surface area contributed by atoms with E-state index >= 15 is 0 Å². The highest BCUT2D eigenvalue weighted by Crippen LogP contribution is 2.17. The Hall–Kier alpha value is -1.51. The van der Waals surface area contributed by atoms with E-state index in [1.165, 1.54) is 5.75 Å². The Morgan fingerprint density at radius 3 is 3.25 bits per heavy atom. The van der Waals surface area contributed by atoms with Crippen LogP contribution in [0.15, 0.2) is 18.5 Å². The van der Waals surface area contributed by atoms with Crippen LogP contribution >= 0.6 is 11.8 Å². The molecule has 0 radical (unpaired) electrons. The van der Waals surface area contributed by atoms with E-state index in [4.69, 9.17) is 5.11 Å². The fourth-order valence-corrected chi connectivity index (χ4v) is 3.10. The molecule has 5 heteroatoms. The Kier molecular flexibility index (Phi) is 5.90. The molecule has 4 nitrogen and oxygen atoms in total. The molecule has 1 fully saturated rings. The number of aromatic nitrogens is 1. The Morgan fingerprint density at radius 1 is 1.60 bits per heavy atom. The van der Waals surface area contributed by atoms with E-state index < -0.39 is 0 Å². The molecule has 20 heavy (non-hydrogen) atoms. The summed E-state index contributed by atoms with van der Waals surface area (Å²) in [5.41, 5.74) is 1.17. The van der Waals surface area contributed by atoms with E-state index in [1.54, 1.807) is 18.5 Å². The van der Waals surface area contributed by atoms with E-state index in [-0.39, 0.29) is 18.6 Å². The molecule has 1 atom stereocenters. The molecular formula is C15H18N2O2S. The lowest BCUT2D eigenvalue weighted by molar-refractivity contribution is 0.0938. The summed E-state index contributed by atoms with van der Waals surface area (Å²) in [5, 5.41) is 11.8. The summed E-state index contributed by atoms with van der Waals surface area (Å²) >= 11 is 1.88. The number of carbonyl (C=O) groups is 1. The average Bonchev–Trinajstić information content (AvgIpc) is 2.49. The van der Waals surface area contributed by atoms with Crippen LogP contribution in [0.2, 0.25) is 0 Å². The second-order valence-corrected chi connectivity index (χ2v) is 5.73. The van der Waals surface area contributed by atoms with Crippen LogP contribution in [0.4, 0.5) is 0 Å². The molecule has 0 aromatic carbocycles. The first-order valence-electron chi connectivity index (χ1n) is 6.73. The van der Waals surface area contributed by atoms with Gasteiger partial charge in [-0.25, -0.2) is 0 Å². The molecule has 0 saturated carbocycles. The molecule has 2 N–H and O–H groups in total. The lowest BCUT2D eigenvalue weighted by atomic mass is 10.1. The number of hydrogen-bond donors (Lipinski definition) is 2. The van der Waals surface area contributed by atoms with Crippen molar-refractivity contribution in [3.05, 3.63) is 29.6 Å². The lowest BCUT2D eigenvalue weighted by Gasteiger charge is -2.22. The quantitative estimate of drug-likeness (QED) is 0.827. The summed E-state index contributed by atoms with van der Waals surface area (Å²) in [7, 11) is 0. The van der Waals surface area contributed by atoms with Crippen molar-refractivity contribution in [3.8, 4) is 11.8 Å². The van der Waals surface area contributed by atoms with E-state index in [9.17, 15) is 4.79 Å². The maximum Gasteiger partial charge on any atom is 0.252 e. The lowest BCUT2D eigenvalue weighted by Crippen LogP contribution is -2.38. The fraction of sp³-hybridized carbons (Fsp3) is 0.467. The van der Waals surface area contributed by atoms with Crippen molar-refractivity contribution < 1.29 is 9.90 Å². The van der Waals surface area contributed by atoms with Crippen LogP contribution in [0.25, 0.3) is 0 Å². The molecule has 1 aromatic heterocycles. The van der Waals surface area contributed by atoms with E-state index in [2.05, 4.69) is 22.1 Å². The second-order valence-electron chi connectivity index (χ2n) is 4.58. The topological polar surface area (TPSA) is 62.2 Å². The summed E-state index contributed by atoms with van der Waals surface area (Å²) in [6, 6.07) is 1.93. The molecule has 1 saturated heterocycles. The molecule has 0 bridgehead atoms. The van der Waals surface area contributed by atoms with Gasteiger partial charge in [-0.05, 0) is 24.7 Å². The number of pyridine rings is 1. The van der Waals surface area contributed by atoms with E-state index in [0.717, 1.165) is 18.6 Å². The summed E-state index contributed by atoms with van der Waals surface area (Å²) < 4.78 is 0. The van der Waals surface area contributed by atoms with Crippen molar-refractivity contribution in [2.24, 2.45) is 0 Å². The van der Waals surface area contributed by atoms with Gasteiger partial charge in [0.2, 0.25) is 0 Å². The van der Waals surface area contributed by atoms with Crippen LogP contribution in [0.3, 0.4) is 0 Å². The second kappa shape index (κ2) is 7.93. The number of amides is 1. The molecule has 1 aliphatic heterocycles. The zero-order valence-electron chi connectivity index (χ0n) is 11.3. The van der Waals surface area contributed by atoms with Gasteiger partial charge in [0, 0.05) is 30.6 Å². The molecule has 1 unspecified atom stereocenters. The van der Waals surface area contributed by atoms with Gasteiger partial charge in [-0.3, -0.25) is 9.78 Å². The number of hydrogen-bond acceptors (Lipinski definition) is 4. The first-order chi connectivity index (χ1) is 9.81. The van der Waals surface area contributed by atoms with Crippen molar-refractivity contribution in [3.63, 3.8) is 0 Å². The normalized spacial score (nSPS) is 17.9. The zero-order valence-corrected chi connectivity index (χ0v) is 12.1. The number of carbonyl (C=O) groups excluding carboxylic acids is 1. The highest BCUT2D eigenvalue weighted by molar-refractivity contribution is 7.99. The van der Waals surface area contributed by atoms with Crippen LogP contribution in [0.1, 0.15) is 35.2 Å². The predicted molar refractivity (Wildman–Crippen MR) is 80.6 cm³/mol. The van der Waals surface area contributed by atoms with Crippen molar-refractivity contribution in [1.82, 2.24) is 10.3 Å². The molecule has 106 valence electrons. The van der Waals surface area contributed by atoms with Crippen molar-refractivity contribution in [2.75, 3.05) is 18.1 Å². The Labute approximate surface area is 123 Å². The number of rotatable bonds is 3. The molecule has 1 aromatic rings. The molecule has 1 amide bonds.